The first-order valence-electron chi connectivity index (χ1n) is 24.5. The molecular formula is C54H53GeIrN3O-2. The van der Waals surface area contributed by atoms with E-state index in [0.29, 0.717) is 38.9 Å². The summed E-state index contributed by atoms with van der Waals surface area (Å²) in [7, 11) is 0. The van der Waals surface area contributed by atoms with Gasteiger partial charge in [0.05, 0.1) is 22.4 Å². The van der Waals surface area contributed by atoms with Crippen molar-refractivity contribution < 1.29 is 36.9 Å². The fourth-order valence-electron chi connectivity index (χ4n) is 7.61. The molecule has 305 valence electrons. The van der Waals surface area contributed by atoms with Gasteiger partial charge in [0, 0.05) is 39.4 Å². The summed E-state index contributed by atoms with van der Waals surface area (Å²) in [5, 5.41) is 0.932. The van der Waals surface area contributed by atoms with Gasteiger partial charge in [0.25, 0.3) is 0 Å². The zero-order valence-electron chi connectivity index (χ0n) is 43.9. The molecule has 3 heterocycles. The largest absolute Gasteiger partial charge is 0.501 e. The Balaban J connectivity index is 0.000000281. The Hall–Kier alpha value is -5.07. The third kappa shape index (κ3) is 8.46. The predicted octanol–water partition coefficient (Wildman–Crippen LogP) is 14.3. The van der Waals surface area contributed by atoms with Crippen LogP contribution < -0.4 is 4.40 Å². The number of imidazole rings is 1. The van der Waals surface area contributed by atoms with Crippen LogP contribution in [0.2, 0.25) is 17.3 Å². The number of benzene rings is 6. The maximum Gasteiger partial charge on any atom is 0.121 e. The van der Waals surface area contributed by atoms with E-state index in [4.69, 9.17) is 21.7 Å². The average Bonchev–Trinajstić information content (AvgIpc) is 3.86. The van der Waals surface area contributed by atoms with Gasteiger partial charge in [-0.3, -0.25) is 4.98 Å². The van der Waals surface area contributed by atoms with Crippen LogP contribution >= 0.6 is 0 Å². The topological polar surface area (TPSA) is 43.9 Å². The first-order chi connectivity index (χ1) is 31.9. The molecule has 3 aromatic heterocycles. The minimum absolute atomic E-state index is 0. The summed E-state index contributed by atoms with van der Waals surface area (Å²) in [6.45, 7) is 1.86. The molecule has 0 atom stereocenters. The van der Waals surface area contributed by atoms with Gasteiger partial charge in [-0.25, -0.2) is 0 Å². The number of pyridine rings is 1. The van der Waals surface area contributed by atoms with Crippen molar-refractivity contribution in [2.75, 3.05) is 0 Å². The monoisotopic (exact) mass is 1040 g/mol. The van der Waals surface area contributed by atoms with E-state index in [-0.39, 0.29) is 43.1 Å². The number of rotatable bonds is 7. The van der Waals surface area contributed by atoms with Gasteiger partial charge in [-0.1, -0.05) is 100 Å². The third-order valence-corrected chi connectivity index (χ3v) is 15.0. The van der Waals surface area contributed by atoms with Crippen molar-refractivity contribution >= 4 is 50.6 Å². The number of aryl methyl sites for hydroxylation is 3. The number of hydrogen-bond donors (Lipinski definition) is 0. The van der Waals surface area contributed by atoms with Crippen LogP contribution in [0.4, 0.5) is 0 Å². The molecular weight excluding hydrogens is 971 g/mol. The molecule has 0 spiro atoms. The van der Waals surface area contributed by atoms with Gasteiger partial charge in [0.1, 0.15) is 5.58 Å². The molecule has 0 aliphatic carbocycles. The summed E-state index contributed by atoms with van der Waals surface area (Å²) < 4.78 is 80.9. The van der Waals surface area contributed by atoms with Gasteiger partial charge < -0.3 is 8.98 Å². The van der Waals surface area contributed by atoms with Crippen LogP contribution in [-0.4, -0.2) is 27.8 Å². The number of aromatic nitrogens is 3. The molecule has 0 N–H and O–H groups in total. The molecule has 0 amide bonds. The van der Waals surface area contributed by atoms with Gasteiger partial charge >= 0.3 is 110 Å². The van der Waals surface area contributed by atoms with Gasteiger partial charge in [-0.15, -0.1) is 17.7 Å². The molecule has 0 fully saturated rings. The second-order valence-electron chi connectivity index (χ2n) is 16.7. The number of furan rings is 1. The summed E-state index contributed by atoms with van der Waals surface area (Å²) in [5.41, 5.74) is 10.5. The van der Waals surface area contributed by atoms with E-state index in [9.17, 15) is 0 Å². The Morgan fingerprint density at radius 3 is 2.07 bits per heavy atom. The second-order valence-corrected chi connectivity index (χ2v) is 27.4. The Morgan fingerprint density at radius 1 is 0.717 bits per heavy atom. The number of para-hydroxylation sites is 2. The van der Waals surface area contributed by atoms with Gasteiger partial charge in [0.15, 0.2) is 0 Å². The van der Waals surface area contributed by atoms with E-state index in [0.717, 1.165) is 50.2 Å². The van der Waals surface area contributed by atoms with Crippen molar-refractivity contribution in [1.29, 1.82) is 0 Å². The third-order valence-electron chi connectivity index (χ3n) is 10.8. The average molecular weight is 1030 g/mol. The zero-order valence-corrected chi connectivity index (χ0v) is 39.4. The molecule has 0 unspecified atom stereocenters. The number of nitrogens with zero attached hydrogens (tertiary/aromatic N) is 3. The van der Waals surface area contributed by atoms with E-state index >= 15 is 0 Å². The first kappa shape index (κ1) is 32.7. The standard InChI is InChI=1S/C39H35N2O.C15H18GeN.Ir/c1-23(2)31-21-28(27-12-8-7-9-13-27)22-32(24(3)4)37(31)41-34-15-11-10-14-33(34)40-39(41)30-19-17-26(6)36-29-18-16-25(5)20-35(29)42-38(30)36;1-12-5-7-13(8-6-12)15-10-9-14(11-17-15)16(2,3)4;/h7-18,20-24H,1-6H3;5-7,9-11H,1-4H3;/q2*-1;/i5D3,6D3;1D3;. The molecule has 0 aliphatic rings. The number of hydrogen-bond acceptors (Lipinski definition) is 3. The van der Waals surface area contributed by atoms with Crippen molar-refractivity contribution in [3.63, 3.8) is 0 Å². The van der Waals surface area contributed by atoms with Crippen LogP contribution in [0.5, 0.6) is 0 Å². The molecule has 0 saturated heterocycles. The molecule has 0 bridgehead atoms. The van der Waals surface area contributed by atoms with Crippen LogP contribution in [0.15, 0.2) is 132 Å². The van der Waals surface area contributed by atoms with E-state index in [1.54, 1.807) is 18.2 Å². The molecule has 6 heteroatoms. The SMILES string of the molecule is [2H]C([2H])([2H])c1c[c-]c(-c2cc[c]([Ge]([CH3])([CH3])[CH3])cn2)cc1.[2H]C([2H])([2H])c1ccc2c(c1)oc1c(-c3nc4ccccc4n3-c3c(C(C)C)cc(-c4ccccc4)cc3C(C)C)[c-]cc(C([2H])([2H])[2H])c12.[Ir]. The smallest absolute Gasteiger partial charge is 0.121 e. The maximum absolute atomic E-state index is 8.35. The van der Waals surface area contributed by atoms with Gasteiger partial charge in [0.2, 0.25) is 0 Å². The normalized spacial score (nSPS) is 14.5. The Bertz CT molecular complexity index is 3190. The van der Waals surface area contributed by atoms with Crippen LogP contribution in [0.3, 0.4) is 0 Å². The predicted molar refractivity (Wildman–Crippen MR) is 252 cm³/mol. The van der Waals surface area contributed by atoms with Crippen LogP contribution in [0, 0.1) is 32.7 Å². The minimum atomic E-state index is -2.46. The second kappa shape index (κ2) is 17.5. The van der Waals surface area contributed by atoms with Crippen LogP contribution in [0.1, 0.15) is 79.7 Å². The van der Waals surface area contributed by atoms with Crippen LogP contribution in [-0.2, 0) is 20.1 Å². The van der Waals surface area contributed by atoms with Gasteiger partial charge in [-0.05, 0) is 76.8 Å². The minimum Gasteiger partial charge on any atom is -0.501 e. The van der Waals surface area contributed by atoms with Crippen molar-refractivity contribution in [2.45, 2.75) is 77.4 Å². The van der Waals surface area contributed by atoms with Crippen molar-refractivity contribution in [3.8, 4) is 39.5 Å². The molecule has 4 nitrogen and oxygen atoms in total. The van der Waals surface area contributed by atoms with E-state index in [1.807, 2.05) is 54.7 Å². The fourth-order valence-corrected chi connectivity index (χ4v) is 9.78. The summed E-state index contributed by atoms with van der Waals surface area (Å²) in [6, 6.07) is 44.3. The van der Waals surface area contributed by atoms with E-state index in [1.165, 1.54) is 28.7 Å². The van der Waals surface area contributed by atoms with Crippen LogP contribution in [0.25, 0.3) is 72.4 Å². The molecule has 6 aromatic carbocycles. The maximum atomic E-state index is 8.35. The molecule has 9 aromatic rings. The van der Waals surface area contributed by atoms with Crippen molar-refractivity contribution in [1.82, 2.24) is 14.5 Å². The molecule has 60 heavy (non-hydrogen) atoms. The summed E-state index contributed by atoms with van der Waals surface area (Å²) >= 11 is -1.83. The quantitative estimate of drug-likeness (QED) is 0.118. The summed E-state index contributed by atoms with van der Waals surface area (Å²) in [4.78, 5) is 9.63. The summed E-state index contributed by atoms with van der Waals surface area (Å²) in [5.74, 6) is 7.85. The molecule has 0 aliphatic heterocycles. The van der Waals surface area contributed by atoms with E-state index < -0.39 is 33.8 Å². The van der Waals surface area contributed by atoms with Crippen molar-refractivity contribution in [3.05, 3.63) is 167 Å². The Labute approximate surface area is 384 Å². The molecule has 1 radical (unpaired) electrons. The van der Waals surface area contributed by atoms with Crippen molar-refractivity contribution in [2.24, 2.45) is 0 Å². The number of fused-ring (bicyclic) bond motifs is 4. The first-order valence-corrected chi connectivity index (χ1v) is 27.4. The fraction of sp³-hybridized carbons (Fsp3) is 0.222. The Kier molecular flexibility index (Phi) is 9.53. The van der Waals surface area contributed by atoms with E-state index in [2.05, 4.69) is 97.0 Å². The molecule has 0 saturated carbocycles. The Morgan fingerprint density at radius 2 is 1.43 bits per heavy atom. The molecule has 9 rings (SSSR count). The zero-order chi connectivity index (χ0) is 49.1. The van der Waals surface area contributed by atoms with Gasteiger partial charge in [-0.2, -0.15) is 0 Å². The summed E-state index contributed by atoms with van der Waals surface area (Å²) in [6.07, 6.45) is 1.95.